The smallest absolute Gasteiger partial charge is 0.254 e. The first kappa shape index (κ1) is 15.7. The molecule has 128 valence electrons. The molecular formula is C20H21N3O2. The summed E-state index contributed by atoms with van der Waals surface area (Å²) >= 11 is 0. The van der Waals surface area contributed by atoms with Crippen LogP contribution in [0.5, 0.6) is 5.75 Å². The number of hydrogen-bond donors (Lipinski definition) is 0. The van der Waals surface area contributed by atoms with Crippen molar-refractivity contribution in [3.8, 4) is 5.75 Å². The van der Waals surface area contributed by atoms with Crippen LogP contribution in [0, 0.1) is 6.92 Å². The van der Waals surface area contributed by atoms with Gasteiger partial charge < -0.3 is 14.2 Å². The minimum Gasteiger partial charge on any atom is -0.497 e. The van der Waals surface area contributed by atoms with Crippen molar-refractivity contribution in [2.24, 2.45) is 0 Å². The summed E-state index contributed by atoms with van der Waals surface area (Å²) in [5.41, 5.74) is 3.82. The van der Waals surface area contributed by atoms with E-state index in [-0.39, 0.29) is 11.9 Å². The summed E-state index contributed by atoms with van der Waals surface area (Å²) in [6, 6.07) is 14.0. The van der Waals surface area contributed by atoms with Crippen LogP contribution in [0.15, 0.2) is 48.8 Å². The van der Waals surface area contributed by atoms with Crippen LogP contribution in [0.4, 0.5) is 0 Å². The number of benzene rings is 2. The van der Waals surface area contributed by atoms with Gasteiger partial charge >= 0.3 is 0 Å². The Bertz CT molecular complexity index is 932. The summed E-state index contributed by atoms with van der Waals surface area (Å²) in [4.78, 5) is 19.3. The molecular weight excluding hydrogens is 314 g/mol. The fourth-order valence-electron chi connectivity index (χ4n) is 3.60. The minimum absolute atomic E-state index is 0.0899. The second-order valence-electron chi connectivity index (χ2n) is 6.52. The van der Waals surface area contributed by atoms with Crippen LogP contribution >= 0.6 is 0 Å². The van der Waals surface area contributed by atoms with Crippen molar-refractivity contribution in [1.82, 2.24) is 14.5 Å². The third kappa shape index (κ3) is 2.76. The molecule has 1 amide bonds. The Kier molecular flexibility index (Phi) is 3.92. The normalized spacial score (nSPS) is 17.2. The fraction of sp³-hybridized carbons (Fsp3) is 0.300. The molecule has 0 spiro atoms. The molecule has 2 aromatic carbocycles. The molecule has 0 bridgehead atoms. The van der Waals surface area contributed by atoms with Gasteiger partial charge in [-0.05, 0) is 49.2 Å². The fourth-order valence-corrected chi connectivity index (χ4v) is 3.60. The molecule has 0 N–H and O–H groups in total. The van der Waals surface area contributed by atoms with Crippen molar-refractivity contribution in [1.29, 1.82) is 0 Å². The first-order valence-electron chi connectivity index (χ1n) is 8.53. The zero-order valence-corrected chi connectivity index (χ0v) is 14.5. The van der Waals surface area contributed by atoms with E-state index < -0.39 is 0 Å². The van der Waals surface area contributed by atoms with Gasteiger partial charge in [0.15, 0.2) is 0 Å². The Balaban J connectivity index is 1.55. The lowest BCUT2D eigenvalue weighted by Crippen LogP contribution is -2.29. The summed E-state index contributed by atoms with van der Waals surface area (Å²) in [6.45, 7) is 3.43. The van der Waals surface area contributed by atoms with Crippen LogP contribution in [-0.4, -0.2) is 40.6 Å². The Morgan fingerprint density at radius 2 is 2.08 bits per heavy atom. The number of ether oxygens (including phenoxy) is 1. The molecule has 2 heterocycles. The quantitative estimate of drug-likeness (QED) is 0.737. The Morgan fingerprint density at radius 3 is 2.88 bits per heavy atom. The third-order valence-corrected chi connectivity index (χ3v) is 4.99. The van der Waals surface area contributed by atoms with Crippen LogP contribution in [-0.2, 0) is 0 Å². The van der Waals surface area contributed by atoms with Gasteiger partial charge in [0, 0.05) is 18.7 Å². The molecule has 1 aliphatic rings. The number of likely N-dealkylation sites (tertiary alicyclic amines) is 1. The second-order valence-corrected chi connectivity index (χ2v) is 6.52. The molecule has 1 aromatic heterocycles. The average Bonchev–Trinajstić information content (AvgIpc) is 3.27. The van der Waals surface area contributed by atoms with Crippen LogP contribution in [0.3, 0.4) is 0 Å². The highest BCUT2D eigenvalue weighted by atomic mass is 16.5. The van der Waals surface area contributed by atoms with Crippen molar-refractivity contribution in [3.63, 3.8) is 0 Å². The van der Waals surface area contributed by atoms with Crippen LogP contribution in [0.2, 0.25) is 0 Å². The molecule has 0 aliphatic carbocycles. The largest absolute Gasteiger partial charge is 0.497 e. The number of para-hydroxylation sites is 2. The standard InChI is InChI=1S/C20H21N3O2/c1-14-11-16(25-2)7-8-17(14)20(24)22-10-9-15(12-22)23-13-21-18-5-3-4-6-19(18)23/h3-8,11,13,15H,9-10,12H2,1-2H3/t15-/m1/s1. The van der Waals surface area contributed by atoms with Crippen molar-refractivity contribution in [2.45, 2.75) is 19.4 Å². The third-order valence-electron chi connectivity index (χ3n) is 4.99. The molecule has 5 nitrogen and oxygen atoms in total. The predicted octanol–water partition coefficient (Wildman–Crippen LogP) is 3.44. The maximum Gasteiger partial charge on any atom is 0.254 e. The van der Waals surface area contributed by atoms with Crippen LogP contribution < -0.4 is 4.74 Å². The molecule has 5 heteroatoms. The zero-order chi connectivity index (χ0) is 17.4. The summed E-state index contributed by atoms with van der Waals surface area (Å²) in [7, 11) is 1.64. The molecule has 0 radical (unpaired) electrons. The molecule has 0 saturated carbocycles. The summed E-state index contributed by atoms with van der Waals surface area (Å²) in [5.74, 6) is 0.866. The summed E-state index contributed by atoms with van der Waals surface area (Å²) in [6.07, 6.45) is 2.84. The number of nitrogens with zero attached hydrogens (tertiary/aromatic N) is 3. The van der Waals surface area contributed by atoms with E-state index in [9.17, 15) is 4.79 Å². The van der Waals surface area contributed by atoms with Gasteiger partial charge in [0.2, 0.25) is 0 Å². The van der Waals surface area contributed by atoms with Gasteiger partial charge in [-0.3, -0.25) is 4.79 Å². The first-order valence-corrected chi connectivity index (χ1v) is 8.53. The number of carbonyl (C=O) groups excluding carboxylic acids is 1. The summed E-state index contributed by atoms with van der Waals surface area (Å²) < 4.78 is 7.42. The van der Waals surface area contributed by atoms with Gasteiger partial charge in [0.1, 0.15) is 5.75 Å². The first-order chi connectivity index (χ1) is 12.2. The molecule has 1 atom stereocenters. The van der Waals surface area contributed by atoms with E-state index in [4.69, 9.17) is 4.74 Å². The SMILES string of the molecule is COc1ccc(C(=O)N2CC[C@@H](n3cnc4ccccc43)C2)c(C)c1. The predicted molar refractivity (Wildman–Crippen MR) is 97.0 cm³/mol. The van der Waals surface area contributed by atoms with Gasteiger partial charge in [-0.15, -0.1) is 0 Å². The van der Waals surface area contributed by atoms with E-state index in [1.165, 1.54) is 0 Å². The molecule has 1 saturated heterocycles. The topological polar surface area (TPSA) is 47.4 Å². The van der Waals surface area contributed by atoms with Crippen molar-refractivity contribution < 1.29 is 9.53 Å². The van der Waals surface area contributed by atoms with Gasteiger partial charge in [-0.2, -0.15) is 0 Å². The maximum atomic E-state index is 12.9. The number of carbonyl (C=O) groups is 1. The number of methoxy groups -OCH3 is 1. The summed E-state index contributed by atoms with van der Waals surface area (Å²) in [5, 5.41) is 0. The van der Waals surface area contributed by atoms with Crippen molar-refractivity contribution in [3.05, 3.63) is 59.9 Å². The number of aryl methyl sites for hydroxylation is 1. The Labute approximate surface area is 146 Å². The Hall–Kier alpha value is -2.82. The Morgan fingerprint density at radius 1 is 1.24 bits per heavy atom. The lowest BCUT2D eigenvalue weighted by atomic mass is 10.1. The van der Waals surface area contributed by atoms with Gasteiger partial charge in [-0.25, -0.2) is 4.98 Å². The lowest BCUT2D eigenvalue weighted by molar-refractivity contribution is 0.0787. The van der Waals surface area contributed by atoms with Crippen LogP contribution in [0.1, 0.15) is 28.4 Å². The number of fused-ring (bicyclic) bond motifs is 1. The number of hydrogen-bond acceptors (Lipinski definition) is 3. The molecule has 1 aliphatic heterocycles. The second kappa shape index (κ2) is 6.24. The van der Waals surface area contributed by atoms with E-state index in [1.54, 1.807) is 7.11 Å². The van der Waals surface area contributed by atoms with E-state index >= 15 is 0 Å². The van der Waals surface area contributed by atoms with Crippen molar-refractivity contribution >= 4 is 16.9 Å². The van der Waals surface area contributed by atoms with Gasteiger partial charge in [0.25, 0.3) is 5.91 Å². The number of rotatable bonds is 3. The molecule has 0 unspecified atom stereocenters. The number of amides is 1. The minimum atomic E-state index is 0.0899. The van der Waals surface area contributed by atoms with E-state index in [2.05, 4.69) is 15.6 Å². The molecule has 1 fully saturated rings. The molecule has 4 rings (SSSR count). The highest BCUT2D eigenvalue weighted by Crippen LogP contribution is 2.28. The van der Waals surface area contributed by atoms with Gasteiger partial charge in [-0.1, -0.05) is 12.1 Å². The monoisotopic (exact) mass is 335 g/mol. The molecule has 3 aromatic rings. The highest BCUT2D eigenvalue weighted by Gasteiger charge is 2.29. The van der Waals surface area contributed by atoms with Crippen LogP contribution in [0.25, 0.3) is 11.0 Å². The average molecular weight is 335 g/mol. The van der Waals surface area contributed by atoms with Gasteiger partial charge in [0.05, 0.1) is 30.5 Å². The van der Waals surface area contributed by atoms with Crippen molar-refractivity contribution in [2.75, 3.05) is 20.2 Å². The lowest BCUT2D eigenvalue weighted by Gasteiger charge is -2.19. The van der Waals surface area contributed by atoms with E-state index in [1.807, 2.05) is 54.5 Å². The van der Waals surface area contributed by atoms with E-state index in [0.29, 0.717) is 6.54 Å². The number of imidazole rings is 1. The molecule has 25 heavy (non-hydrogen) atoms. The maximum absolute atomic E-state index is 12.9. The van der Waals surface area contributed by atoms with E-state index in [0.717, 1.165) is 40.9 Å². The number of aromatic nitrogens is 2. The highest BCUT2D eigenvalue weighted by molar-refractivity contribution is 5.96. The zero-order valence-electron chi connectivity index (χ0n) is 14.5.